The molecule has 10 heteroatoms. The van der Waals surface area contributed by atoms with Gasteiger partial charge in [-0.3, -0.25) is 14.9 Å². The molecule has 3 fully saturated rings. The summed E-state index contributed by atoms with van der Waals surface area (Å²) in [6.45, 7) is 18.2. The zero-order chi connectivity index (χ0) is 28.1. The van der Waals surface area contributed by atoms with Crippen molar-refractivity contribution in [1.29, 1.82) is 0 Å². The second kappa shape index (κ2) is 10.4. The SMILES string of the molecule is CC1(C)O[C@@H]2[C@@H](O1)[C@H](OC(=O)CNCC(=O)c1ccccc1)[C@H]1OC(C)(C)O[C@@H]1[C@H]2O[Si](C)(C)C(C)(C)C. The van der Waals surface area contributed by atoms with Gasteiger partial charge in [0, 0.05) is 5.56 Å². The molecule has 38 heavy (non-hydrogen) atoms. The number of carbonyl (C=O) groups excluding carboxylic acids is 2. The van der Waals surface area contributed by atoms with Crippen molar-refractivity contribution in [3.05, 3.63) is 35.9 Å². The molecule has 0 unspecified atom stereocenters. The Labute approximate surface area is 227 Å². The number of ketones is 1. The molecule has 6 atom stereocenters. The van der Waals surface area contributed by atoms with Gasteiger partial charge in [0.25, 0.3) is 0 Å². The number of nitrogens with one attached hydrogen (secondary N) is 1. The van der Waals surface area contributed by atoms with Crippen LogP contribution in [0.2, 0.25) is 18.1 Å². The fraction of sp³-hybridized carbons (Fsp3) is 0.714. The van der Waals surface area contributed by atoms with E-state index in [0.717, 1.165) is 0 Å². The van der Waals surface area contributed by atoms with Crippen LogP contribution >= 0.6 is 0 Å². The van der Waals surface area contributed by atoms with Crippen LogP contribution in [0.1, 0.15) is 58.8 Å². The van der Waals surface area contributed by atoms with Crippen LogP contribution < -0.4 is 5.32 Å². The number of hydrogen-bond acceptors (Lipinski definition) is 9. The highest BCUT2D eigenvalue weighted by atomic mass is 28.4. The van der Waals surface area contributed by atoms with Crippen molar-refractivity contribution >= 4 is 20.1 Å². The number of Topliss-reactive ketones (excluding diaryl/α,β-unsaturated/α-hetero) is 1. The van der Waals surface area contributed by atoms with E-state index in [9.17, 15) is 9.59 Å². The maximum Gasteiger partial charge on any atom is 0.320 e. The van der Waals surface area contributed by atoms with E-state index in [0.29, 0.717) is 5.56 Å². The molecule has 2 aliphatic heterocycles. The smallest absolute Gasteiger partial charge is 0.320 e. The van der Waals surface area contributed by atoms with E-state index < -0.39 is 62.5 Å². The van der Waals surface area contributed by atoms with Crippen molar-refractivity contribution in [3.8, 4) is 0 Å². The fourth-order valence-electron chi connectivity index (χ4n) is 5.01. The molecule has 9 nitrogen and oxygen atoms in total. The van der Waals surface area contributed by atoms with Gasteiger partial charge >= 0.3 is 5.97 Å². The second-order valence-corrected chi connectivity index (χ2v) is 17.6. The van der Waals surface area contributed by atoms with Gasteiger partial charge in [0.05, 0.1) is 13.1 Å². The fourth-order valence-corrected chi connectivity index (χ4v) is 6.31. The topological polar surface area (TPSA) is 102 Å². The van der Waals surface area contributed by atoms with E-state index in [1.165, 1.54) is 0 Å². The van der Waals surface area contributed by atoms with Crippen molar-refractivity contribution in [2.24, 2.45) is 0 Å². The Bertz CT molecular complexity index is 989. The summed E-state index contributed by atoms with van der Waals surface area (Å²) in [6.07, 6.45) is -3.45. The second-order valence-electron chi connectivity index (χ2n) is 12.8. The van der Waals surface area contributed by atoms with Crippen LogP contribution in [0.4, 0.5) is 0 Å². The molecule has 2 heterocycles. The summed E-state index contributed by atoms with van der Waals surface area (Å²) >= 11 is 0. The maximum atomic E-state index is 13.0. The Morgan fingerprint density at radius 3 is 1.79 bits per heavy atom. The normalized spacial score (nSPS) is 31.9. The molecule has 212 valence electrons. The van der Waals surface area contributed by atoms with Gasteiger partial charge in [-0.25, -0.2) is 0 Å². The number of benzene rings is 1. The van der Waals surface area contributed by atoms with Crippen LogP contribution in [0.5, 0.6) is 0 Å². The molecule has 1 N–H and O–H groups in total. The summed E-state index contributed by atoms with van der Waals surface area (Å²) in [7, 11) is -2.24. The zero-order valence-electron chi connectivity index (χ0n) is 24.0. The largest absolute Gasteiger partial charge is 0.456 e. The molecule has 0 aromatic heterocycles. The van der Waals surface area contributed by atoms with Crippen LogP contribution in [0.15, 0.2) is 30.3 Å². The first-order valence-electron chi connectivity index (χ1n) is 13.4. The Morgan fingerprint density at radius 1 is 0.842 bits per heavy atom. The quantitative estimate of drug-likeness (QED) is 0.295. The standard InChI is InChI=1S/C28H43NO8Si/c1-26(2,3)38(8,9)37-25-23-21(33-27(4,5)35-23)20(22-24(25)36-28(6,7)34-22)32-19(31)16-29-15-18(30)17-13-11-10-12-14-17/h10-14,20-25,29H,15-16H2,1-9H3/t20-,21-,22+,23+,24-,25-. The summed E-state index contributed by atoms with van der Waals surface area (Å²) in [4.78, 5) is 25.3. The average molecular weight is 550 g/mol. The summed E-state index contributed by atoms with van der Waals surface area (Å²) in [6, 6.07) is 8.93. The third-order valence-corrected chi connectivity index (χ3v) is 12.3. The molecular weight excluding hydrogens is 506 g/mol. The minimum Gasteiger partial charge on any atom is -0.456 e. The Balaban J connectivity index is 1.51. The van der Waals surface area contributed by atoms with Crippen LogP contribution in [-0.2, 0) is 32.9 Å². The van der Waals surface area contributed by atoms with E-state index in [1.807, 2.05) is 33.8 Å². The Morgan fingerprint density at radius 2 is 1.32 bits per heavy atom. The molecule has 1 aliphatic carbocycles. The van der Waals surface area contributed by atoms with Gasteiger partial charge in [-0.05, 0) is 45.8 Å². The number of carbonyl (C=O) groups is 2. The van der Waals surface area contributed by atoms with Crippen LogP contribution in [0.3, 0.4) is 0 Å². The minimum atomic E-state index is -2.24. The monoisotopic (exact) mass is 549 g/mol. The summed E-state index contributed by atoms with van der Waals surface area (Å²) in [5.74, 6) is -2.42. The molecule has 0 amide bonds. The number of ether oxygens (including phenoxy) is 5. The van der Waals surface area contributed by atoms with E-state index >= 15 is 0 Å². The van der Waals surface area contributed by atoms with Crippen molar-refractivity contribution in [2.45, 2.75) is 115 Å². The molecule has 2 saturated heterocycles. The lowest BCUT2D eigenvalue weighted by molar-refractivity contribution is -0.194. The van der Waals surface area contributed by atoms with Crippen molar-refractivity contribution < 1.29 is 37.7 Å². The lowest BCUT2D eigenvalue weighted by Gasteiger charge is -2.47. The van der Waals surface area contributed by atoms with Crippen molar-refractivity contribution in [3.63, 3.8) is 0 Å². The minimum absolute atomic E-state index is 0.0175. The van der Waals surface area contributed by atoms with E-state index in [-0.39, 0.29) is 23.9 Å². The van der Waals surface area contributed by atoms with Gasteiger partial charge in [0.2, 0.25) is 0 Å². The molecule has 1 aromatic carbocycles. The van der Waals surface area contributed by atoms with Crippen LogP contribution in [0, 0.1) is 0 Å². The lowest BCUT2D eigenvalue weighted by atomic mass is 9.85. The molecule has 1 saturated carbocycles. The summed E-state index contributed by atoms with van der Waals surface area (Å²) < 4.78 is 38.2. The van der Waals surface area contributed by atoms with Gasteiger partial charge < -0.3 is 28.1 Å². The highest BCUT2D eigenvalue weighted by Crippen LogP contribution is 2.48. The first-order valence-corrected chi connectivity index (χ1v) is 16.3. The van der Waals surface area contributed by atoms with Gasteiger partial charge in [0.1, 0.15) is 30.5 Å². The van der Waals surface area contributed by atoms with E-state index in [1.54, 1.807) is 24.3 Å². The highest BCUT2D eigenvalue weighted by molar-refractivity contribution is 6.74. The third-order valence-electron chi connectivity index (χ3n) is 7.78. The Kier molecular flexibility index (Phi) is 8.01. The number of fused-ring (bicyclic) bond motifs is 2. The van der Waals surface area contributed by atoms with E-state index in [4.69, 9.17) is 28.1 Å². The lowest BCUT2D eigenvalue weighted by Crippen LogP contribution is -2.65. The predicted molar refractivity (Wildman–Crippen MR) is 143 cm³/mol. The number of esters is 1. The number of hydrogen-bond donors (Lipinski definition) is 1. The summed E-state index contributed by atoms with van der Waals surface area (Å²) in [5.41, 5.74) is 0.580. The predicted octanol–water partition coefficient (Wildman–Crippen LogP) is 3.81. The van der Waals surface area contributed by atoms with Crippen molar-refractivity contribution in [2.75, 3.05) is 13.1 Å². The van der Waals surface area contributed by atoms with Gasteiger partial charge in [-0.2, -0.15) is 0 Å². The maximum absolute atomic E-state index is 13.0. The molecular formula is C28H43NO8Si. The van der Waals surface area contributed by atoms with Crippen molar-refractivity contribution in [1.82, 2.24) is 5.32 Å². The molecule has 0 spiro atoms. The molecule has 3 aliphatic rings. The van der Waals surface area contributed by atoms with Gasteiger partial charge in [-0.1, -0.05) is 51.1 Å². The molecule has 1 aromatic rings. The average Bonchev–Trinajstić information content (AvgIpc) is 3.30. The summed E-state index contributed by atoms with van der Waals surface area (Å²) in [5, 5.41) is 2.86. The van der Waals surface area contributed by atoms with Crippen LogP contribution in [-0.4, -0.2) is 81.4 Å². The third kappa shape index (κ3) is 6.22. The van der Waals surface area contributed by atoms with E-state index in [2.05, 4.69) is 39.2 Å². The molecule has 0 bridgehead atoms. The van der Waals surface area contributed by atoms with Gasteiger partial charge in [0.15, 0.2) is 31.8 Å². The first kappa shape index (κ1) is 29.3. The van der Waals surface area contributed by atoms with Gasteiger partial charge in [-0.15, -0.1) is 0 Å². The Hall–Kier alpha value is -1.66. The van der Waals surface area contributed by atoms with Crippen LogP contribution in [0.25, 0.3) is 0 Å². The molecule has 0 radical (unpaired) electrons. The number of rotatable bonds is 8. The molecule has 4 rings (SSSR count). The zero-order valence-corrected chi connectivity index (χ0v) is 25.0. The highest BCUT2D eigenvalue weighted by Gasteiger charge is 2.66. The first-order chi connectivity index (χ1) is 17.5.